The lowest BCUT2D eigenvalue weighted by molar-refractivity contribution is -0.734. The number of ether oxygens (including phenoxy) is 2. The van der Waals surface area contributed by atoms with Crippen molar-refractivity contribution >= 4 is 23.8 Å². The van der Waals surface area contributed by atoms with Crippen LogP contribution in [0.1, 0.15) is 55.4 Å². The van der Waals surface area contributed by atoms with Gasteiger partial charge in [-0.25, -0.2) is 0 Å². The number of hydrogen-bond donors (Lipinski definition) is 2. The van der Waals surface area contributed by atoms with Crippen molar-refractivity contribution in [2.75, 3.05) is 6.54 Å². The van der Waals surface area contributed by atoms with Gasteiger partial charge in [0.25, 0.3) is 5.72 Å². The third kappa shape index (κ3) is 9.05. The summed E-state index contributed by atoms with van der Waals surface area (Å²) in [6.07, 6.45) is -1.13. The van der Waals surface area contributed by atoms with Crippen molar-refractivity contribution in [1.29, 1.82) is 0 Å². The Morgan fingerprint density at radius 2 is 1.43 bits per heavy atom. The molecule has 0 rings (SSSR count). The molecule has 0 radical (unpaired) electrons. The average molecular weight is 429 g/mol. The zero-order valence-corrected chi connectivity index (χ0v) is 18.8. The van der Waals surface area contributed by atoms with E-state index < -0.39 is 53.2 Å². The predicted molar refractivity (Wildman–Crippen MR) is 105 cm³/mol. The maximum atomic E-state index is 11.9. The summed E-state index contributed by atoms with van der Waals surface area (Å²) in [6.45, 7) is 11.5. The van der Waals surface area contributed by atoms with Gasteiger partial charge in [0.2, 0.25) is 11.8 Å². The Labute approximate surface area is 176 Å². The Kier molecular flexibility index (Phi) is 9.70. The number of nitrogens with zero attached hydrogens (tertiary/aromatic N) is 4. The number of azo groups is 3. The highest BCUT2D eigenvalue weighted by molar-refractivity contribution is 5.77. The van der Waals surface area contributed by atoms with Gasteiger partial charge in [-0.2, -0.15) is 5.11 Å². The fourth-order valence-electron chi connectivity index (χ4n) is 2.38. The highest BCUT2D eigenvalue weighted by atomic mass is 16.6. The summed E-state index contributed by atoms with van der Waals surface area (Å²) in [6, 6.07) is 0. The first kappa shape index (κ1) is 27.1. The van der Waals surface area contributed by atoms with E-state index in [2.05, 4.69) is 15.3 Å². The molecule has 3 atom stereocenters. The standard InChI is InChI=1S/C18H32N6O6/c1-10(14(19)27)9-21-22-16(11(2)15(20)28)24(18(7,8)30-13(4)26)23-17(5,6)29-12(3)25/h10-11,16H,9H2,1-8H3,(H3-,19,20,27,28)/p+1. The van der Waals surface area contributed by atoms with Crippen molar-refractivity contribution in [3.05, 3.63) is 0 Å². The zero-order chi connectivity index (χ0) is 23.9. The van der Waals surface area contributed by atoms with Crippen molar-refractivity contribution in [2.45, 2.75) is 73.0 Å². The largest absolute Gasteiger partial charge is 0.432 e. The molecule has 0 aliphatic carbocycles. The molecule has 0 aromatic heterocycles. The Balaban J connectivity index is 6.47. The van der Waals surface area contributed by atoms with Gasteiger partial charge in [-0.1, -0.05) is 11.6 Å². The number of nitrogens with two attached hydrogens (primary N) is 2. The van der Waals surface area contributed by atoms with Crippen molar-refractivity contribution in [3.63, 3.8) is 0 Å². The van der Waals surface area contributed by atoms with E-state index in [9.17, 15) is 19.2 Å². The van der Waals surface area contributed by atoms with Crippen LogP contribution in [0, 0.1) is 11.8 Å². The quantitative estimate of drug-likeness (QED) is 0.214. The Morgan fingerprint density at radius 3 is 1.83 bits per heavy atom. The van der Waals surface area contributed by atoms with Crippen LogP contribution in [0.2, 0.25) is 0 Å². The summed E-state index contributed by atoms with van der Waals surface area (Å²) in [4.78, 5) is 46.2. The van der Waals surface area contributed by atoms with Crippen LogP contribution < -0.4 is 11.5 Å². The Hall–Kier alpha value is -2.92. The molecule has 0 heterocycles. The van der Waals surface area contributed by atoms with Crippen LogP contribution in [0.15, 0.2) is 15.3 Å². The highest BCUT2D eigenvalue weighted by Crippen LogP contribution is 2.25. The zero-order valence-electron chi connectivity index (χ0n) is 18.8. The summed E-state index contributed by atoms with van der Waals surface area (Å²) in [5, 5.41) is 12.5. The van der Waals surface area contributed by atoms with Gasteiger partial charge in [-0.3, -0.25) is 19.2 Å². The molecular formula is C18H33N6O6+. The second kappa shape index (κ2) is 10.7. The van der Waals surface area contributed by atoms with Crippen LogP contribution >= 0.6 is 0 Å². The smallest absolute Gasteiger partial charge is 0.329 e. The van der Waals surface area contributed by atoms with Crippen LogP contribution in [0.25, 0.3) is 0 Å². The Bertz CT molecular complexity index is 731. The van der Waals surface area contributed by atoms with Crippen LogP contribution in [0.4, 0.5) is 0 Å². The summed E-state index contributed by atoms with van der Waals surface area (Å²) in [5.74, 6) is -4.02. The van der Waals surface area contributed by atoms with Crippen LogP contribution in [0.5, 0.6) is 0 Å². The molecule has 0 bridgehead atoms. The molecule has 0 saturated carbocycles. The van der Waals surface area contributed by atoms with Gasteiger partial charge in [0, 0.05) is 46.7 Å². The number of amides is 2. The minimum atomic E-state index is -1.42. The number of carbonyl (C=O) groups excluding carboxylic acids is 4. The van der Waals surface area contributed by atoms with E-state index in [4.69, 9.17) is 20.9 Å². The maximum absolute atomic E-state index is 11.9. The van der Waals surface area contributed by atoms with E-state index >= 15 is 0 Å². The lowest BCUT2D eigenvalue weighted by atomic mass is 10.1. The van der Waals surface area contributed by atoms with Gasteiger partial charge in [0.1, 0.15) is 5.92 Å². The highest BCUT2D eigenvalue weighted by Gasteiger charge is 2.48. The number of esters is 2. The van der Waals surface area contributed by atoms with Gasteiger partial charge in [-0.15, -0.1) is 5.11 Å². The molecule has 0 saturated heterocycles. The molecule has 0 aliphatic rings. The normalized spacial score (nSPS) is 15.9. The molecular weight excluding hydrogens is 396 g/mol. The van der Waals surface area contributed by atoms with Crippen molar-refractivity contribution < 1.29 is 33.3 Å². The van der Waals surface area contributed by atoms with Gasteiger partial charge >= 0.3 is 23.8 Å². The molecule has 0 aliphatic heterocycles. The number of carbonyl (C=O) groups is 4. The van der Waals surface area contributed by atoms with Gasteiger partial charge in [0.15, 0.2) is 0 Å². The van der Waals surface area contributed by atoms with Gasteiger partial charge in [-0.05, 0) is 6.92 Å². The molecule has 12 nitrogen and oxygen atoms in total. The maximum Gasteiger partial charge on any atom is 0.329 e. The second-order valence-corrected chi connectivity index (χ2v) is 7.87. The van der Waals surface area contributed by atoms with Gasteiger partial charge < -0.3 is 20.9 Å². The van der Waals surface area contributed by atoms with Crippen LogP contribution in [0.3, 0.4) is 0 Å². The van der Waals surface area contributed by atoms with Gasteiger partial charge in [0.05, 0.1) is 12.5 Å². The van der Waals surface area contributed by atoms with Crippen molar-refractivity contribution in [3.8, 4) is 0 Å². The summed E-state index contributed by atoms with van der Waals surface area (Å²) >= 11 is 0. The molecule has 0 fully saturated rings. The van der Waals surface area contributed by atoms with Crippen LogP contribution in [-0.4, -0.2) is 52.6 Å². The van der Waals surface area contributed by atoms with E-state index in [1.54, 1.807) is 6.92 Å². The van der Waals surface area contributed by atoms with Crippen molar-refractivity contribution in [1.82, 2.24) is 0 Å². The number of rotatable bonds is 11. The molecule has 0 aromatic rings. The van der Waals surface area contributed by atoms with Crippen molar-refractivity contribution in [2.24, 2.45) is 38.6 Å². The SMILES string of the molecule is CC(=O)OC(C)(C)N=[N+](C(N=NCC(C)C(N)=O)C(C)C(N)=O)C(C)(C)OC(C)=O. The lowest BCUT2D eigenvalue weighted by Crippen LogP contribution is -2.50. The Morgan fingerprint density at radius 1 is 0.933 bits per heavy atom. The van der Waals surface area contributed by atoms with E-state index in [0.29, 0.717) is 0 Å². The summed E-state index contributed by atoms with van der Waals surface area (Å²) in [5.41, 5.74) is 7.87. The minimum Gasteiger partial charge on any atom is -0.432 e. The number of hydrogen-bond acceptors (Lipinski definition) is 9. The number of primary amides is 2. The average Bonchev–Trinajstić information content (AvgIpc) is 2.53. The van der Waals surface area contributed by atoms with E-state index in [0.717, 1.165) is 0 Å². The first-order chi connectivity index (χ1) is 13.5. The molecule has 12 heteroatoms. The fourth-order valence-corrected chi connectivity index (χ4v) is 2.38. The van der Waals surface area contributed by atoms with Crippen LogP contribution in [-0.2, 0) is 28.7 Å². The van der Waals surface area contributed by atoms with E-state index in [-0.39, 0.29) is 6.54 Å². The summed E-state index contributed by atoms with van der Waals surface area (Å²) in [7, 11) is 0. The summed E-state index contributed by atoms with van der Waals surface area (Å²) < 4.78 is 11.7. The molecule has 4 N–H and O–H groups in total. The van der Waals surface area contributed by atoms with E-state index in [1.807, 2.05) is 0 Å². The molecule has 30 heavy (non-hydrogen) atoms. The third-order valence-electron chi connectivity index (χ3n) is 3.88. The van der Waals surface area contributed by atoms with E-state index in [1.165, 1.54) is 53.2 Å². The molecule has 0 aromatic carbocycles. The molecule has 3 unspecified atom stereocenters. The monoisotopic (exact) mass is 429 g/mol. The molecule has 170 valence electrons. The third-order valence-corrected chi connectivity index (χ3v) is 3.88. The minimum absolute atomic E-state index is 0.0352. The topological polar surface area (TPSA) is 179 Å². The fraction of sp³-hybridized carbons (Fsp3) is 0.778. The molecule has 0 spiro atoms. The first-order valence-electron chi connectivity index (χ1n) is 9.36. The second-order valence-electron chi connectivity index (χ2n) is 7.87. The predicted octanol–water partition coefficient (Wildman–Crippen LogP) is 1.07. The molecule has 2 amide bonds. The first-order valence-corrected chi connectivity index (χ1v) is 9.36. The lowest BCUT2D eigenvalue weighted by Gasteiger charge is -2.27.